The van der Waals surface area contributed by atoms with E-state index >= 15 is 0 Å². The zero-order chi connectivity index (χ0) is 16.8. The predicted molar refractivity (Wildman–Crippen MR) is 90.4 cm³/mol. The summed E-state index contributed by atoms with van der Waals surface area (Å²) in [5, 5.41) is 2.91. The van der Waals surface area contributed by atoms with E-state index in [0.29, 0.717) is 26.1 Å². The molecule has 0 spiro atoms. The average molecular weight is 331 g/mol. The molecule has 1 aliphatic heterocycles. The smallest absolute Gasteiger partial charge is 0.224 e. The summed E-state index contributed by atoms with van der Waals surface area (Å²) in [5.74, 6) is 1.25. The zero-order valence-electron chi connectivity index (χ0n) is 14.0. The first-order valence-electron chi connectivity index (χ1n) is 8.80. The second-order valence-electron chi connectivity index (χ2n) is 6.45. The Hall–Kier alpha value is -2.18. The lowest BCUT2D eigenvalue weighted by Crippen LogP contribution is -2.49. The summed E-state index contributed by atoms with van der Waals surface area (Å²) >= 11 is 0. The Balaban J connectivity index is 1.37. The van der Waals surface area contributed by atoms with Gasteiger partial charge in [0, 0.05) is 57.5 Å². The molecule has 2 heterocycles. The molecule has 3 rings (SSSR count). The monoisotopic (exact) mass is 331 g/mol. The average Bonchev–Trinajstić information content (AvgIpc) is 3.17. The quantitative estimate of drug-likeness (QED) is 0.864. The van der Waals surface area contributed by atoms with Crippen LogP contribution in [-0.2, 0) is 9.59 Å². The van der Waals surface area contributed by atoms with Crippen LogP contribution in [0.3, 0.4) is 0 Å². The molecule has 1 saturated heterocycles. The molecular weight excluding hydrogens is 306 g/mol. The van der Waals surface area contributed by atoms with Gasteiger partial charge in [-0.3, -0.25) is 14.6 Å². The van der Waals surface area contributed by atoms with E-state index in [1.807, 2.05) is 4.90 Å². The normalized spacial score (nSPS) is 18.7. The van der Waals surface area contributed by atoms with Crippen molar-refractivity contribution in [3.8, 4) is 0 Å². The summed E-state index contributed by atoms with van der Waals surface area (Å²) in [4.78, 5) is 36.6. The molecule has 7 nitrogen and oxygen atoms in total. The van der Waals surface area contributed by atoms with Crippen molar-refractivity contribution in [1.29, 1.82) is 0 Å². The van der Waals surface area contributed by atoms with Gasteiger partial charge in [-0.15, -0.1) is 0 Å². The highest BCUT2D eigenvalue weighted by molar-refractivity contribution is 5.80. The molecule has 24 heavy (non-hydrogen) atoms. The minimum atomic E-state index is 0.112. The summed E-state index contributed by atoms with van der Waals surface area (Å²) in [6, 6.07) is 0. The van der Waals surface area contributed by atoms with Crippen LogP contribution in [0, 0.1) is 5.92 Å². The molecule has 1 saturated carbocycles. The topological polar surface area (TPSA) is 78.4 Å². The molecule has 0 radical (unpaired) electrons. The summed E-state index contributed by atoms with van der Waals surface area (Å²) in [6.07, 6.45) is 9.73. The molecule has 7 heteroatoms. The van der Waals surface area contributed by atoms with E-state index in [-0.39, 0.29) is 17.7 Å². The Bertz CT molecular complexity index is 551. The second-order valence-corrected chi connectivity index (χ2v) is 6.45. The van der Waals surface area contributed by atoms with E-state index in [2.05, 4.69) is 20.2 Å². The number of aromatic nitrogens is 2. The van der Waals surface area contributed by atoms with Gasteiger partial charge in [-0.25, -0.2) is 4.98 Å². The fourth-order valence-electron chi connectivity index (χ4n) is 3.42. The third-order valence-electron chi connectivity index (χ3n) is 4.87. The van der Waals surface area contributed by atoms with Crippen molar-refractivity contribution >= 4 is 17.6 Å². The number of carbonyl (C=O) groups excluding carboxylic acids is 2. The van der Waals surface area contributed by atoms with Crippen molar-refractivity contribution in [2.75, 3.05) is 37.6 Å². The number of rotatable bonds is 5. The lowest BCUT2D eigenvalue weighted by atomic mass is 10.1. The van der Waals surface area contributed by atoms with E-state index in [0.717, 1.165) is 44.6 Å². The van der Waals surface area contributed by atoms with Gasteiger partial charge < -0.3 is 15.1 Å². The Labute approximate surface area is 142 Å². The highest BCUT2D eigenvalue weighted by atomic mass is 16.2. The fourth-order valence-corrected chi connectivity index (χ4v) is 3.42. The van der Waals surface area contributed by atoms with Gasteiger partial charge in [0.2, 0.25) is 11.8 Å². The summed E-state index contributed by atoms with van der Waals surface area (Å²) in [6.45, 7) is 3.34. The number of piperazine rings is 1. The number of hydrogen-bond acceptors (Lipinski definition) is 5. The Kier molecular flexibility index (Phi) is 5.61. The van der Waals surface area contributed by atoms with Crippen LogP contribution in [-0.4, -0.2) is 59.4 Å². The fraction of sp³-hybridized carbons (Fsp3) is 0.647. The van der Waals surface area contributed by atoms with Crippen molar-refractivity contribution < 1.29 is 9.59 Å². The van der Waals surface area contributed by atoms with E-state index in [4.69, 9.17) is 0 Å². The Morgan fingerprint density at radius 2 is 1.88 bits per heavy atom. The molecule has 1 aliphatic carbocycles. The van der Waals surface area contributed by atoms with Crippen molar-refractivity contribution in [3.05, 3.63) is 18.6 Å². The summed E-state index contributed by atoms with van der Waals surface area (Å²) in [5.41, 5.74) is 0. The Morgan fingerprint density at radius 3 is 2.54 bits per heavy atom. The van der Waals surface area contributed by atoms with Crippen molar-refractivity contribution in [2.24, 2.45) is 5.92 Å². The molecule has 1 N–H and O–H groups in total. The van der Waals surface area contributed by atoms with Gasteiger partial charge in [0.1, 0.15) is 5.82 Å². The zero-order valence-corrected chi connectivity index (χ0v) is 14.0. The van der Waals surface area contributed by atoms with Crippen LogP contribution in [0.4, 0.5) is 5.82 Å². The Morgan fingerprint density at radius 1 is 1.12 bits per heavy atom. The van der Waals surface area contributed by atoms with E-state index in [9.17, 15) is 9.59 Å². The number of anilines is 1. The number of nitrogens with one attached hydrogen (secondary N) is 1. The van der Waals surface area contributed by atoms with Crippen LogP contribution >= 0.6 is 0 Å². The molecule has 0 aromatic carbocycles. The minimum absolute atomic E-state index is 0.112. The highest BCUT2D eigenvalue weighted by Gasteiger charge is 2.24. The van der Waals surface area contributed by atoms with Gasteiger partial charge in [-0.1, -0.05) is 12.8 Å². The van der Waals surface area contributed by atoms with E-state index in [1.54, 1.807) is 18.6 Å². The third kappa shape index (κ3) is 4.21. The van der Waals surface area contributed by atoms with E-state index < -0.39 is 0 Å². The van der Waals surface area contributed by atoms with Crippen molar-refractivity contribution in [2.45, 2.75) is 32.1 Å². The summed E-state index contributed by atoms with van der Waals surface area (Å²) in [7, 11) is 0. The van der Waals surface area contributed by atoms with Crippen LogP contribution < -0.4 is 10.2 Å². The maximum absolute atomic E-state index is 12.3. The SMILES string of the molecule is O=C(NCCC(=O)N1CCN(c2cnccn2)CC1)C1CCCC1. The van der Waals surface area contributed by atoms with Crippen LogP contribution in [0.5, 0.6) is 0 Å². The lowest BCUT2D eigenvalue weighted by Gasteiger charge is -2.35. The first-order valence-corrected chi connectivity index (χ1v) is 8.80. The molecule has 0 bridgehead atoms. The molecule has 2 amide bonds. The van der Waals surface area contributed by atoms with Gasteiger partial charge in [0.15, 0.2) is 0 Å². The molecule has 1 aromatic rings. The second kappa shape index (κ2) is 8.08. The van der Waals surface area contributed by atoms with Gasteiger partial charge in [-0.05, 0) is 12.8 Å². The van der Waals surface area contributed by atoms with Gasteiger partial charge in [0.25, 0.3) is 0 Å². The minimum Gasteiger partial charge on any atom is -0.355 e. The molecule has 0 atom stereocenters. The number of amides is 2. The third-order valence-corrected chi connectivity index (χ3v) is 4.87. The molecule has 1 aromatic heterocycles. The highest BCUT2D eigenvalue weighted by Crippen LogP contribution is 2.24. The van der Waals surface area contributed by atoms with E-state index in [1.165, 1.54) is 0 Å². The van der Waals surface area contributed by atoms with Gasteiger partial charge >= 0.3 is 0 Å². The molecular formula is C17H25N5O2. The number of hydrogen-bond donors (Lipinski definition) is 1. The first kappa shape index (κ1) is 16.7. The van der Waals surface area contributed by atoms with Crippen LogP contribution in [0.1, 0.15) is 32.1 Å². The number of nitrogens with zero attached hydrogens (tertiary/aromatic N) is 4. The van der Waals surface area contributed by atoms with Crippen molar-refractivity contribution in [3.63, 3.8) is 0 Å². The number of carbonyl (C=O) groups is 2. The van der Waals surface area contributed by atoms with Crippen LogP contribution in [0.25, 0.3) is 0 Å². The van der Waals surface area contributed by atoms with Crippen LogP contribution in [0.15, 0.2) is 18.6 Å². The van der Waals surface area contributed by atoms with Gasteiger partial charge in [0.05, 0.1) is 6.20 Å². The van der Waals surface area contributed by atoms with Gasteiger partial charge in [-0.2, -0.15) is 0 Å². The largest absolute Gasteiger partial charge is 0.355 e. The first-order chi connectivity index (χ1) is 11.7. The lowest BCUT2D eigenvalue weighted by molar-refractivity contribution is -0.131. The summed E-state index contributed by atoms with van der Waals surface area (Å²) < 4.78 is 0. The molecule has 0 unspecified atom stereocenters. The molecule has 130 valence electrons. The standard InChI is InChI=1S/C17H25N5O2/c23-16(5-6-20-17(24)14-3-1-2-4-14)22-11-9-21(10-12-22)15-13-18-7-8-19-15/h7-8,13-14H,1-6,9-12H2,(H,20,24). The molecule has 2 aliphatic rings. The van der Waals surface area contributed by atoms with Crippen LogP contribution in [0.2, 0.25) is 0 Å². The maximum Gasteiger partial charge on any atom is 0.224 e. The van der Waals surface area contributed by atoms with Crippen molar-refractivity contribution in [1.82, 2.24) is 20.2 Å². The maximum atomic E-state index is 12.3. The molecule has 2 fully saturated rings. The predicted octanol–water partition coefficient (Wildman–Crippen LogP) is 0.822.